The number of hydrogen-bond acceptors (Lipinski definition) is 2. The Morgan fingerprint density at radius 3 is 2.23 bits per heavy atom. The van der Waals surface area contributed by atoms with Crippen molar-refractivity contribution in [2.24, 2.45) is 0 Å². The molecule has 1 aliphatic carbocycles. The van der Waals surface area contributed by atoms with Crippen molar-refractivity contribution < 1.29 is 9.21 Å². The minimum absolute atomic E-state index is 0.154. The molecule has 0 radical (unpaired) electrons. The van der Waals surface area contributed by atoms with E-state index in [1.807, 2.05) is 31.2 Å². The molecule has 1 saturated carbocycles. The van der Waals surface area contributed by atoms with E-state index < -0.39 is 0 Å². The van der Waals surface area contributed by atoms with Crippen LogP contribution in [0, 0.1) is 13.8 Å². The summed E-state index contributed by atoms with van der Waals surface area (Å²) in [7, 11) is 0. The van der Waals surface area contributed by atoms with Gasteiger partial charge >= 0.3 is 0 Å². The fourth-order valence-corrected chi connectivity index (χ4v) is 2.74. The number of benzene rings is 1. The highest BCUT2D eigenvalue weighted by Gasteiger charge is 2.20. The van der Waals surface area contributed by atoms with E-state index in [0.717, 1.165) is 47.5 Å². The van der Waals surface area contributed by atoms with E-state index >= 15 is 0 Å². The number of aryl methyl sites for hydroxylation is 2. The summed E-state index contributed by atoms with van der Waals surface area (Å²) < 4.78 is 5.55. The van der Waals surface area contributed by atoms with Crippen LogP contribution in [0.1, 0.15) is 41.9 Å². The second-order valence-corrected chi connectivity index (χ2v) is 5.88. The SMILES string of the molecule is Cc1ccc(/C=C2\CCC/C(=C\c3ccc(C)o3)C2=O)cc1. The Morgan fingerprint density at radius 1 is 0.909 bits per heavy atom. The van der Waals surface area contributed by atoms with Gasteiger partial charge in [-0.1, -0.05) is 29.8 Å². The molecule has 0 amide bonds. The van der Waals surface area contributed by atoms with Gasteiger partial charge in [0.1, 0.15) is 11.5 Å². The van der Waals surface area contributed by atoms with Gasteiger partial charge in [0.05, 0.1) is 0 Å². The highest BCUT2D eigenvalue weighted by molar-refractivity contribution is 6.13. The van der Waals surface area contributed by atoms with Gasteiger partial charge in [0, 0.05) is 11.1 Å². The average Bonchev–Trinajstić information content (AvgIpc) is 2.91. The molecule has 0 atom stereocenters. The van der Waals surface area contributed by atoms with Gasteiger partial charge in [-0.2, -0.15) is 0 Å². The molecule has 0 saturated heterocycles. The zero-order valence-corrected chi connectivity index (χ0v) is 13.1. The minimum Gasteiger partial charge on any atom is -0.462 e. The molecular formula is C20H20O2. The van der Waals surface area contributed by atoms with Crippen LogP contribution in [-0.2, 0) is 4.79 Å². The zero-order valence-electron chi connectivity index (χ0n) is 13.1. The largest absolute Gasteiger partial charge is 0.462 e. The number of carbonyl (C=O) groups is 1. The number of Topliss-reactive ketones (excluding diaryl/α,β-unsaturated/α-hetero) is 1. The van der Waals surface area contributed by atoms with E-state index in [0.29, 0.717) is 0 Å². The molecule has 2 heteroatoms. The molecule has 112 valence electrons. The summed E-state index contributed by atoms with van der Waals surface area (Å²) in [4.78, 5) is 12.6. The summed E-state index contributed by atoms with van der Waals surface area (Å²) in [6.07, 6.45) is 6.58. The van der Waals surface area contributed by atoms with Crippen LogP contribution in [0.3, 0.4) is 0 Å². The maximum absolute atomic E-state index is 12.6. The van der Waals surface area contributed by atoms with Gasteiger partial charge in [-0.05, 0) is 63.0 Å². The Hall–Kier alpha value is -2.35. The molecule has 1 aliphatic rings. The number of allylic oxidation sites excluding steroid dienone is 2. The summed E-state index contributed by atoms with van der Waals surface area (Å²) >= 11 is 0. The van der Waals surface area contributed by atoms with Crippen molar-refractivity contribution in [3.05, 3.63) is 70.2 Å². The van der Waals surface area contributed by atoms with Crippen LogP contribution >= 0.6 is 0 Å². The molecule has 1 aromatic heterocycles. The topological polar surface area (TPSA) is 30.2 Å². The third-order valence-corrected chi connectivity index (χ3v) is 3.97. The van der Waals surface area contributed by atoms with Crippen molar-refractivity contribution in [2.75, 3.05) is 0 Å². The first kappa shape index (κ1) is 14.6. The van der Waals surface area contributed by atoms with Crippen molar-refractivity contribution in [3.8, 4) is 0 Å². The number of hydrogen-bond donors (Lipinski definition) is 0. The first-order valence-corrected chi connectivity index (χ1v) is 7.71. The second-order valence-electron chi connectivity index (χ2n) is 5.88. The van der Waals surface area contributed by atoms with Crippen molar-refractivity contribution in [1.29, 1.82) is 0 Å². The van der Waals surface area contributed by atoms with Crippen LogP contribution in [0.25, 0.3) is 12.2 Å². The predicted molar refractivity (Wildman–Crippen MR) is 89.4 cm³/mol. The maximum Gasteiger partial charge on any atom is 0.185 e. The molecule has 1 aromatic carbocycles. The fourth-order valence-electron chi connectivity index (χ4n) is 2.74. The van der Waals surface area contributed by atoms with Crippen LogP contribution in [0.4, 0.5) is 0 Å². The molecule has 0 unspecified atom stereocenters. The lowest BCUT2D eigenvalue weighted by molar-refractivity contribution is -0.112. The monoisotopic (exact) mass is 292 g/mol. The molecular weight excluding hydrogens is 272 g/mol. The molecule has 0 aliphatic heterocycles. The predicted octanol–water partition coefficient (Wildman–Crippen LogP) is 5.12. The number of furan rings is 1. The molecule has 22 heavy (non-hydrogen) atoms. The van der Waals surface area contributed by atoms with Crippen LogP contribution in [0.2, 0.25) is 0 Å². The van der Waals surface area contributed by atoms with Crippen molar-refractivity contribution >= 4 is 17.9 Å². The Kier molecular flexibility index (Phi) is 4.10. The number of ketones is 1. The summed E-state index contributed by atoms with van der Waals surface area (Å²) in [6.45, 7) is 3.97. The van der Waals surface area contributed by atoms with Gasteiger partial charge in [-0.15, -0.1) is 0 Å². The van der Waals surface area contributed by atoms with Crippen LogP contribution < -0.4 is 0 Å². The Balaban J connectivity index is 1.86. The van der Waals surface area contributed by atoms with E-state index in [9.17, 15) is 4.79 Å². The van der Waals surface area contributed by atoms with Crippen LogP contribution in [0.5, 0.6) is 0 Å². The Bertz CT molecular complexity index is 742. The van der Waals surface area contributed by atoms with Gasteiger partial charge in [0.25, 0.3) is 0 Å². The maximum atomic E-state index is 12.6. The molecule has 3 rings (SSSR count). The van der Waals surface area contributed by atoms with E-state index in [4.69, 9.17) is 4.42 Å². The molecule has 1 fully saturated rings. The van der Waals surface area contributed by atoms with Gasteiger partial charge in [-0.25, -0.2) is 0 Å². The van der Waals surface area contributed by atoms with E-state index in [1.54, 1.807) is 0 Å². The quantitative estimate of drug-likeness (QED) is 0.719. The third kappa shape index (κ3) is 3.28. The molecule has 2 aromatic rings. The summed E-state index contributed by atoms with van der Waals surface area (Å²) in [5.41, 5.74) is 4.05. The smallest absolute Gasteiger partial charge is 0.185 e. The van der Waals surface area contributed by atoms with Crippen molar-refractivity contribution in [3.63, 3.8) is 0 Å². The number of rotatable bonds is 2. The normalized spacial score (nSPS) is 19.1. The highest BCUT2D eigenvalue weighted by Crippen LogP contribution is 2.28. The third-order valence-electron chi connectivity index (χ3n) is 3.97. The molecule has 1 heterocycles. The van der Waals surface area contributed by atoms with Crippen molar-refractivity contribution in [1.82, 2.24) is 0 Å². The van der Waals surface area contributed by atoms with Crippen molar-refractivity contribution in [2.45, 2.75) is 33.1 Å². The lowest BCUT2D eigenvalue weighted by Crippen LogP contribution is -2.12. The summed E-state index contributed by atoms with van der Waals surface area (Å²) in [5, 5.41) is 0. The molecule has 0 N–H and O–H groups in total. The second kappa shape index (κ2) is 6.18. The molecule has 0 bridgehead atoms. The first-order valence-electron chi connectivity index (χ1n) is 7.71. The van der Waals surface area contributed by atoms with Gasteiger partial charge < -0.3 is 4.42 Å². The lowest BCUT2D eigenvalue weighted by Gasteiger charge is -2.16. The summed E-state index contributed by atoms with van der Waals surface area (Å²) in [5.74, 6) is 1.78. The standard InChI is InChI=1S/C20H20O2/c1-14-6-9-16(10-7-14)12-17-4-3-5-18(20(17)21)13-19-11-8-15(2)22-19/h6-13H,3-5H2,1-2H3/b17-12+,18-13+. The first-order chi connectivity index (χ1) is 10.6. The van der Waals surface area contributed by atoms with E-state index in [1.165, 1.54) is 5.56 Å². The zero-order chi connectivity index (χ0) is 15.5. The fraction of sp³-hybridized carbons (Fsp3) is 0.250. The van der Waals surface area contributed by atoms with E-state index in [2.05, 4.69) is 31.2 Å². The van der Waals surface area contributed by atoms with E-state index in [-0.39, 0.29) is 5.78 Å². The Labute approximate surface area is 131 Å². The summed E-state index contributed by atoms with van der Waals surface area (Å²) in [6, 6.07) is 12.1. The minimum atomic E-state index is 0.154. The lowest BCUT2D eigenvalue weighted by atomic mass is 9.87. The van der Waals surface area contributed by atoms with Gasteiger partial charge in [-0.3, -0.25) is 4.79 Å². The average molecular weight is 292 g/mol. The highest BCUT2D eigenvalue weighted by atomic mass is 16.3. The van der Waals surface area contributed by atoms with Crippen LogP contribution in [-0.4, -0.2) is 5.78 Å². The molecule has 0 spiro atoms. The molecule has 2 nitrogen and oxygen atoms in total. The van der Waals surface area contributed by atoms with Gasteiger partial charge in [0.2, 0.25) is 0 Å². The van der Waals surface area contributed by atoms with Crippen LogP contribution in [0.15, 0.2) is 52.0 Å². The Morgan fingerprint density at radius 2 is 1.59 bits per heavy atom. The van der Waals surface area contributed by atoms with Gasteiger partial charge in [0.15, 0.2) is 5.78 Å². The number of carbonyl (C=O) groups excluding carboxylic acids is 1.